The molecule has 1 N–H and O–H groups in total. The highest BCUT2D eigenvalue weighted by molar-refractivity contribution is 5.77. The van der Waals surface area contributed by atoms with Crippen LogP contribution >= 0.6 is 0 Å². The number of H-pyrrole nitrogens is 1. The zero-order valence-electron chi connectivity index (χ0n) is 12.8. The Morgan fingerprint density at radius 3 is 2.91 bits per heavy atom. The van der Waals surface area contributed by atoms with Crippen molar-refractivity contribution < 1.29 is 9.53 Å². The van der Waals surface area contributed by atoms with Crippen LogP contribution in [0, 0.1) is 6.92 Å². The summed E-state index contributed by atoms with van der Waals surface area (Å²) in [6.07, 6.45) is 5.53. The third kappa shape index (κ3) is 3.47. The van der Waals surface area contributed by atoms with Crippen LogP contribution in [-0.4, -0.2) is 40.5 Å². The van der Waals surface area contributed by atoms with Gasteiger partial charge in [0.2, 0.25) is 0 Å². The Balaban J connectivity index is 1.48. The maximum atomic E-state index is 12.2. The van der Waals surface area contributed by atoms with Gasteiger partial charge in [-0.15, -0.1) is 0 Å². The summed E-state index contributed by atoms with van der Waals surface area (Å²) in [5, 5.41) is 0. The van der Waals surface area contributed by atoms with Crippen LogP contribution in [0.25, 0.3) is 0 Å². The molecule has 1 fully saturated rings. The molecule has 0 unspecified atom stereocenters. The molecule has 0 bridgehead atoms. The number of likely N-dealkylation sites (tertiary alicyclic amines) is 1. The van der Waals surface area contributed by atoms with Crippen LogP contribution in [-0.2, 0) is 4.79 Å². The van der Waals surface area contributed by atoms with E-state index in [2.05, 4.69) is 9.97 Å². The van der Waals surface area contributed by atoms with E-state index >= 15 is 0 Å². The molecule has 0 aliphatic carbocycles. The van der Waals surface area contributed by atoms with Crippen molar-refractivity contribution in [1.29, 1.82) is 0 Å². The largest absolute Gasteiger partial charge is 0.484 e. The number of aromatic nitrogens is 2. The Hall–Kier alpha value is -2.30. The molecule has 1 aromatic heterocycles. The number of nitrogens with one attached hydrogen (secondary N) is 1. The first-order chi connectivity index (χ1) is 10.7. The molecule has 22 heavy (non-hydrogen) atoms. The SMILES string of the molecule is Cc1cccc(OCC(=O)N2CCC(c3ncc[nH]3)CC2)c1. The summed E-state index contributed by atoms with van der Waals surface area (Å²) in [5.41, 5.74) is 1.13. The lowest BCUT2D eigenvalue weighted by Crippen LogP contribution is -2.40. The number of imidazole rings is 1. The fourth-order valence-corrected chi connectivity index (χ4v) is 2.84. The molecule has 1 amide bonds. The van der Waals surface area contributed by atoms with Gasteiger partial charge in [-0.25, -0.2) is 4.98 Å². The first-order valence-corrected chi connectivity index (χ1v) is 7.69. The Morgan fingerprint density at radius 1 is 1.41 bits per heavy atom. The standard InChI is InChI=1S/C17H21N3O2/c1-13-3-2-4-15(11-13)22-12-16(21)20-9-5-14(6-10-20)17-18-7-8-19-17/h2-4,7-8,11,14H,5-6,9-10,12H2,1H3,(H,18,19). The van der Waals surface area contributed by atoms with Gasteiger partial charge in [-0.05, 0) is 37.5 Å². The van der Waals surface area contributed by atoms with Crippen LogP contribution in [0.4, 0.5) is 0 Å². The lowest BCUT2D eigenvalue weighted by Gasteiger charge is -2.31. The molecule has 2 aromatic rings. The second-order valence-electron chi connectivity index (χ2n) is 5.73. The van der Waals surface area contributed by atoms with Gasteiger partial charge in [0, 0.05) is 31.4 Å². The number of nitrogens with zero attached hydrogens (tertiary/aromatic N) is 2. The second kappa shape index (κ2) is 6.64. The van der Waals surface area contributed by atoms with Crippen molar-refractivity contribution in [3.63, 3.8) is 0 Å². The van der Waals surface area contributed by atoms with Gasteiger partial charge in [-0.1, -0.05) is 12.1 Å². The fraction of sp³-hybridized carbons (Fsp3) is 0.412. The monoisotopic (exact) mass is 299 g/mol. The molecule has 0 spiro atoms. The zero-order chi connectivity index (χ0) is 15.4. The molecule has 5 heteroatoms. The lowest BCUT2D eigenvalue weighted by molar-refractivity contribution is -0.134. The van der Waals surface area contributed by atoms with Gasteiger partial charge in [0.05, 0.1) is 0 Å². The number of aryl methyl sites for hydroxylation is 1. The van der Waals surface area contributed by atoms with E-state index in [1.807, 2.05) is 42.3 Å². The molecule has 1 aliphatic rings. The van der Waals surface area contributed by atoms with Crippen molar-refractivity contribution in [1.82, 2.24) is 14.9 Å². The first-order valence-electron chi connectivity index (χ1n) is 7.69. The van der Waals surface area contributed by atoms with E-state index in [0.717, 1.165) is 43.1 Å². The molecule has 2 heterocycles. The maximum Gasteiger partial charge on any atom is 0.260 e. The van der Waals surface area contributed by atoms with Crippen molar-refractivity contribution in [2.45, 2.75) is 25.7 Å². The lowest BCUT2D eigenvalue weighted by atomic mass is 9.96. The summed E-state index contributed by atoms with van der Waals surface area (Å²) in [7, 11) is 0. The normalized spacial score (nSPS) is 15.8. The Labute approximate surface area is 130 Å². The molecule has 0 atom stereocenters. The molecular formula is C17H21N3O2. The van der Waals surface area contributed by atoms with Crippen LogP contribution in [0.1, 0.15) is 30.1 Å². The fourth-order valence-electron chi connectivity index (χ4n) is 2.84. The highest BCUT2D eigenvalue weighted by Crippen LogP contribution is 2.25. The number of benzene rings is 1. The summed E-state index contributed by atoms with van der Waals surface area (Å²) >= 11 is 0. The molecule has 5 nitrogen and oxygen atoms in total. The number of aromatic amines is 1. The van der Waals surface area contributed by atoms with Gasteiger partial charge >= 0.3 is 0 Å². The number of ether oxygens (including phenoxy) is 1. The zero-order valence-corrected chi connectivity index (χ0v) is 12.8. The Kier molecular flexibility index (Phi) is 4.42. The van der Waals surface area contributed by atoms with Crippen molar-refractivity contribution in [2.75, 3.05) is 19.7 Å². The maximum absolute atomic E-state index is 12.2. The smallest absolute Gasteiger partial charge is 0.260 e. The first kappa shape index (κ1) is 14.6. The summed E-state index contributed by atoms with van der Waals surface area (Å²) in [6.45, 7) is 3.64. The number of hydrogen-bond donors (Lipinski definition) is 1. The van der Waals surface area contributed by atoms with E-state index in [9.17, 15) is 4.79 Å². The van der Waals surface area contributed by atoms with Gasteiger partial charge < -0.3 is 14.6 Å². The summed E-state index contributed by atoms with van der Waals surface area (Å²) < 4.78 is 5.59. The van der Waals surface area contributed by atoms with Crippen LogP contribution in [0.15, 0.2) is 36.7 Å². The number of piperidine rings is 1. The van der Waals surface area contributed by atoms with E-state index in [0.29, 0.717) is 5.92 Å². The van der Waals surface area contributed by atoms with Gasteiger partial charge in [-0.2, -0.15) is 0 Å². The number of amides is 1. The van der Waals surface area contributed by atoms with Gasteiger partial charge in [0.25, 0.3) is 5.91 Å². The van der Waals surface area contributed by atoms with Gasteiger partial charge in [0.1, 0.15) is 11.6 Å². The van der Waals surface area contributed by atoms with Crippen molar-refractivity contribution >= 4 is 5.91 Å². The topological polar surface area (TPSA) is 58.2 Å². The van der Waals surface area contributed by atoms with E-state index in [4.69, 9.17) is 4.74 Å². The van der Waals surface area contributed by atoms with Crippen LogP contribution < -0.4 is 4.74 Å². The van der Waals surface area contributed by atoms with Crippen LogP contribution in [0.5, 0.6) is 5.75 Å². The van der Waals surface area contributed by atoms with E-state index < -0.39 is 0 Å². The third-order valence-electron chi connectivity index (χ3n) is 4.11. The summed E-state index contributed by atoms with van der Waals surface area (Å²) in [5.74, 6) is 2.26. The van der Waals surface area contributed by atoms with Crippen LogP contribution in [0.2, 0.25) is 0 Å². The minimum atomic E-state index is 0.0550. The Bertz CT molecular complexity index is 617. The predicted molar refractivity (Wildman–Crippen MR) is 83.8 cm³/mol. The number of carbonyl (C=O) groups excluding carboxylic acids is 1. The van der Waals surface area contributed by atoms with Gasteiger partial charge in [-0.3, -0.25) is 4.79 Å². The second-order valence-corrected chi connectivity index (χ2v) is 5.73. The molecule has 1 aliphatic heterocycles. The van der Waals surface area contributed by atoms with E-state index in [1.54, 1.807) is 6.20 Å². The highest BCUT2D eigenvalue weighted by Gasteiger charge is 2.25. The molecule has 1 aromatic carbocycles. The predicted octanol–water partition coefficient (Wildman–Crippen LogP) is 2.50. The average Bonchev–Trinajstić information content (AvgIpc) is 3.07. The Morgan fingerprint density at radius 2 is 2.23 bits per heavy atom. The number of rotatable bonds is 4. The molecular weight excluding hydrogens is 278 g/mol. The summed E-state index contributed by atoms with van der Waals surface area (Å²) in [4.78, 5) is 21.6. The van der Waals surface area contributed by atoms with Crippen molar-refractivity contribution in [3.05, 3.63) is 48.0 Å². The van der Waals surface area contributed by atoms with Gasteiger partial charge in [0.15, 0.2) is 6.61 Å². The minimum absolute atomic E-state index is 0.0550. The average molecular weight is 299 g/mol. The molecule has 0 radical (unpaired) electrons. The number of carbonyl (C=O) groups is 1. The minimum Gasteiger partial charge on any atom is -0.484 e. The molecule has 0 saturated carbocycles. The molecule has 3 rings (SSSR count). The quantitative estimate of drug-likeness (QED) is 0.943. The van der Waals surface area contributed by atoms with E-state index in [-0.39, 0.29) is 12.5 Å². The van der Waals surface area contributed by atoms with Crippen molar-refractivity contribution in [3.8, 4) is 5.75 Å². The van der Waals surface area contributed by atoms with Crippen molar-refractivity contribution in [2.24, 2.45) is 0 Å². The molecule has 116 valence electrons. The van der Waals surface area contributed by atoms with Crippen LogP contribution in [0.3, 0.4) is 0 Å². The van der Waals surface area contributed by atoms with E-state index in [1.165, 1.54) is 0 Å². The molecule has 1 saturated heterocycles. The number of hydrogen-bond acceptors (Lipinski definition) is 3. The highest BCUT2D eigenvalue weighted by atomic mass is 16.5. The third-order valence-corrected chi connectivity index (χ3v) is 4.11. The summed E-state index contributed by atoms with van der Waals surface area (Å²) in [6, 6.07) is 7.76.